The molecule has 0 spiro atoms. The second-order valence-corrected chi connectivity index (χ2v) is 5.31. The van der Waals surface area contributed by atoms with E-state index in [0.29, 0.717) is 25.9 Å². The average molecular weight is 273 g/mol. The fourth-order valence-corrected chi connectivity index (χ4v) is 2.77. The van der Waals surface area contributed by atoms with Crippen molar-refractivity contribution in [3.05, 3.63) is 35.9 Å². The monoisotopic (exact) mass is 273 g/mol. The molecule has 5 heteroatoms. The van der Waals surface area contributed by atoms with Gasteiger partial charge in [-0.15, -0.1) is 0 Å². The highest BCUT2D eigenvalue weighted by Crippen LogP contribution is 2.39. The Morgan fingerprint density at radius 3 is 2.53 bits per heavy atom. The van der Waals surface area contributed by atoms with Crippen LogP contribution in [0.3, 0.4) is 0 Å². The lowest BCUT2D eigenvalue weighted by Crippen LogP contribution is -2.56. The highest BCUT2D eigenvalue weighted by molar-refractivity contribution is 5.16. The number of nitrogens with zero attached hydrogens (tertiary/aromatic N) is 1. The van der Waals surface area contributed by atoms with Gasteiger partial charge in [0.2, 0.25) is 0 Å². The molecule has 0 bridgehead atoms. The van der Waals surface area contributed by atoms with Crippen LogP contribution in [0.25, 0.3) is 0 Å². The molecular weight excluding hydrogens is 255 g/mol. The first kappa shape index (κ1) is 14.3. The molecule has 0 radical (unpaired) electrons. The van der Waals surface area contributed by atoms with E-state index in [4.69, 9.17) is 0 Å². The summed E-state index contributed by atoms with van der Waals surface area (Å²) in [6.07, 6.45) is -5.84. The van der Waals surface area contributed by atoms with E-state index in [1.54, 1.807) is 4.90 Å². The maximum absolute atomic E-state index is 12.8. The first-order valence-electron chi connectivity index (χ1n) is 6.38. The quantitative estimate of drug-likeness (QED) is 0.915. The van der Waals surface area contributed by atoms with Crippen molar-refractivity contribution in [2.75, 3.05) is 6.54 Å². The van der Waals surface area contributed by atoms with Gasteiger partial charge in [0.05, 0.1) is 5.54 Å². The number of halogens is 3. The molecule has 0 amide bonds. The summed E-state index contributed by atoms with van der Waals surface area (Å²) >= 11 is 0. The molecule has 1 saturated heterocycles. The van der Waals surface area contributed by atoms with E-state index in [-0.39, 0.29) is 0 Å². The third-order valence-electron chi connectivity index (χ3n) is 3.95. The molecule has 0 aliphatic carbocycles. The van der Waals surface area contributed by atoms with Crippen LogP contribution in [0.1, 0.15) is 25.3 Å². The number of hydrogen-bond donors (Lipinski definition) is 1. The number of aliphatic hydroxyl groups is 1. The Kier molecular flexibility index (Phi) is 3.87. The predicted octanol–water partition coefficient (Wildman–Crippen LogP) is 2.96. The summed E-state index contributed by atoms with van der Waals surface area (Å²) in [7, 11) is 0. The molecule has 106 valence electrons. The van der Waals surface area contributed by atoms with Crippen molar-refractivity contribution in [2.45, 2.75) is 44.1 Å². The Morgan fingerprint density at radius 1 is 1.32 bits per heavy atom. The van der Waals surface area contributed by atoms with Crippen LogP contribution >= 0.6 is 0 Å². The van der Waals surface area contributed by atoms with Gasteiger partial charge in [0, 0.05) is 6.54 Å². The van der Waals surface area contributed by atoms with E-state index < -0.39 is 17.8 Å². The van der Waals surface area contributed by atoms with Crippen molar-refractivity contribution in [3.8, 4) is 0 Å². The van der Waals surface area contributed by atoms with Crippen molar-refractivity contribution in [1.82, 2.24) is 4.90 Å². The summed E-state index contributed by atoms with van der Waals surface area (Å²) in [5.74, 6) is 0. The van der Waals surface area contributed by atoms with Crippen molar-refractivity contribution >= 4 is 0 Å². The maximum atomic E-state index is 12.8. The van der Waals surface area contributed by atoms with Crippen LogP contribution in [0.5, 0.6) is 0 Å². The second kappa shape index (κ2) is 5.13. The van der Waals surface area contributed by atoms with E-state index >= 15 is 0 Å². The minimum atomic E-state index is -4.58. The minimum Gasteiger partial charge on any atom is -0.382 e. The van der Waals surface area contributed by atoms with E-state index in [1.165, 1.54) is 6.92 Å². The van der Waals surface area contributed by atoms with Gasteiger partial charge in [-0.1, -0.05) is 30.3 Å². The Bertz CT molecular complexity index is 420. The predicted molar refractivity (Wildman–Crippen MR) is 66.6 cm³/mol. The molecule has 1 aliphatic heterocycles. The molecular formula is C14H18F3NO. The number of benzene rings is 1. The van der Waals surface area contributed by atoms with Gasteiger partial charge in [-0.25, -0.2) is 0 Å². The van der Waals surface area contributed by atoms with Crippen LogP contribution in [-0.4, -0.2) is 34.4 Å². The molecule has 1 aromatic carbocycles. The number of aliphatic hydroxyl groups excluding tert-OH is 1. The zero-order valence-electron chi connectivity index (χ0n) is 10.8. The maximum Gasteiger partial charge on any atom is 0.416 e. The molecule has 2 nitrogen and oxygen atoms in total. The molecule has 0 unspecified atom stereocenters. The van der Waals surface area contributed by atoms with Gasteiger partial charge in [0.15, 0.2) is 6.10 Å². The van der Waals surface area contributed by atoms with Crippen LogP contribution < -0.4 is 0 Å². The van der Waals surface area contributed by atoms with Gasteiger partial charge in [0.1, 0.15) is 0 Å². The lowest BCUT2D eigenvalue weighted by molar-refractivity contribution is -0.236. The Morgan fingerprint density at radius 2 is 1.95 bits per heavy atom. The fourth-order valence-electron chi connectivity index (χ4n) is 2.77. The Hall–Kier alpha value is -1.07. The largest absolute Gasteiger partial charge is 0.416 e. The number of likely N-dealkylation sites (tertiary alicyclic amines) is 1. The summed E-state index contributed by atoms with van der Waals surface area (Å²) in [6.45, 7) is 2.52. The van der Waals surface area contributed by atoms with Gasteiger partial charge in [-0.05, 0) is 31.9 Å². The minimum absolute atomic E-state index is 0.362. The van der Waals surface area contributed by atoms with E-state index in [0.717, 1.165) is 5.56 Å². The average Bonchev–Trinajstić information content (AvgIpc) is 2.71. The van der Waals surface area contributed by atoms with Crippen molar-refractivity contribution in [2.24, 2.45) is 0 Å². The highest BCUT2D eigenvalue weighted by atomic mass is 19.4. The lowest BCUT2D eigenvalue weighted by Gasteiger charge is -2.39. The number of alkyl halides is 3. The SMILES string of the molecule is C[C@]1([C@@H](O)C(F)(F)F)CCCN1Cc1ccccc1. The molecule has 1 aliphatic rings. The normalized spacial score (nSPS) is 26.6. The number of hydrogen-bond acceptors (Lipinski definition) is 2. The van der Waals surface area contributed by atoms with Crippen molar-refractivity contribution in [1.29, 1.82) is 0 Å². The van der Waals surface area contributed by atoms with Gasteiger partial charge in [0.25, 0.3) is 0 Å². The van der Waals surface area contributed by atoms with Crippen LogP contribution in [-0.2, 0) is 6.54 Å². The summed E-state index contributed by atoms with van der Waals surface area (Å²) in [5.41, 5.74) is -0.265. The van der Waals surface area contributed by atoms with Gasteiger partial charge in [-0.3, -0.25) is 4.90 Å². The molecule has 2 atom stereocenters. The molecule has 1 aromatic rings. The summed E-state index contributed by atoms with van der Waals surface area (Å²) < 4.78 is 38.3. The molecule has 2 rings (SSSR count). The van der Waals surface area contributed by atoms with Gasteiger partial charge in [-0.2, -0.15) is 13.2 Å². The third-order valence-corrected chi connectivity index (χ3v) is 3.95. The first-order chi connectivity index (χ1) is 8.84. The van der Waals surface area contributed by atoms with Crippen LogP contribution in [0, 0.1) is 0 Å². The molecule has 1 heterocycles. The van der Waals surface area contributed by atoms with E-state index in [9.17, 15) is 18.3 Å². The molecule has 19 heavy (non-hydrogen) atoms. The van der Waals surface area contributed by atoms with Gasteiger partial charge >= 0.3 is 6.18 Å². The van der Waals surface area contributed by atoms with E-state index in [1.807, 2.05) is 30.3 Å². The summed E-state index contributed by atoms with van der Waals surface area (Å²) in [5, 5.41) is 9.63. The highest BCUT2D eigenvalue weighted by Gasteiger charge is 2.54. The van der Waals surface area contributed by atoms with Crippen LogP contribution in [0.15, 0.2) is 30.3 Å². The lowest BCUT2D eigenvalue weighted by atomic mass is 9.90. The van der Waals surface area contributed by atoms with Crippen molar-refractivity contribution in [3.63, 3.8) is 0 Å². The standard InChI is InChI=1S/C14H18F3NO/c1-13(12(19)14(15,16)17)8-5-9-18(13)10-11-6-3-2-4-7-11/h2-4,6-7,12,19H,5,8-10H2,1H3/t12-,13-/m1/s1. The van der Waals surface area contributed by atoms with Crippen LogP contribution in [0.4, 0.5) is 13.2 Å². The molecule has 1 fully saturated rings. The van der Waals surface area contributed by atoms with Crippen LogP contribution in [0.2, 0.25) is 0 Å². The summed E-state index contributed by atoms with van der Waals surface area (Å²) in [6, 6.07) is 9.38. The van der Waals surface area contributed by atoms with Gasteiger partial charge < -0.3 is 5.11 Å². The smallest absolute Gasteiger partial charge is 0.382 e. The summed E-state index contributed by atoms with van der Waals surface area (Å²) in [4.78, 5) is 1.74. The fraction of sp³-hybridized carbons (Fsp3) is 0.571. The Balaban J connectivity index is 2.16. The number of rotatable bonds is 3. The van der Waals surface area contributed by atoms with Crippen molar-refractivity contribution < 1.29 is 18.3 Å². The molecule has 0 saturated carbocycles. The topological polar surface area (TPSA) is 23.5 Å². The second-order valence-electron chi connectivity index (χ2n) is 5.31. The first-order valence-corrected chi connectivity index (χ1v) is 6.38. The Labute approximate surface area is 110 Å². The molecule has 0 aromatic heterocycles. The third kappa shape index (κ3) is 2.92. The molecule has 1 N–H and O–H groups in total. The zero-order chi connectivity index (χ0) is 14.1. The zero-order valence-corrected chi connectivity index (χ0v) is 10.8. The van der Waals surface area contributed by atoms with E-state index in [2.05, 4.69) is 0 Å².